The first-order chi connectivity index (χ1) is 16.2. The molecule has 1 amide bonds. The minimum absolute atomic E-state index is 0.000316. The van der Waals surface area contributed by atoms with Crippen LogP contribution < -0.4 is 0 Å². The van der Waals surface area contributed by atoms with Crippen LogP contribution in [0.15, 0.2) is 36.0 Å². The predicted octanol–water partition coefficient (Wildman–Crippen LogP) is 5.37. The second-order valence-corrected chi connectivity index (χ2v) is 9.97. The van der Waals surface area contributed by atoms with E-state index in [4.69, 9.17) is 9.47 Å². The topological polar surface area (TPSA) is 76.1 Å². The average Bonchev–Trinajstić information content (AvgIpc) is 3.28. The Kier molecular flexibility index (Phi) is 11.8. The Hall–Kier alpha value is -2.15. The Morgan fingerprint density at radius 2 is 2.12 bits per heavy atom. The minimum atomic E-state index is -0.678. The van der Waals surface area contributed by atoms with Crippen molar-refractivity contribution in [2.45, 2.75) is 84.5 Å². The van der Waals surface area contributed by atoms with Crippen molar-refractivity contribution in [2.75, 3.05) is 19.8 Å². The largest absolute Gasteiger partial charge is 0.457 e. The fourth-order valence-corrected chi connectivity index (χ4v) is 4.39. The lowest BCUT2D eigenvalue weighted by molar-refractivity contribution is -0.151. The van der Waals surface area contributed by atoms with E-state index in [-0.39, 0.29) is 30.9 Å². The van der Waals surface area contributed by atoms with Gasteiger partial charge in [0, 0.05) is 18.4 Å². The predicted molar refractivity (Wildman–Crippen MR) is 131 cm³/mol. The highest BCUT2D eigenvalue weighted by Gasteiger charge is 2.30. The first-order valence-electron chi connectivity index (χ1n) is 12.6. The molecule has 192 valence electrons. The van der Waals surface area contributed by atoms with Crippen molar-refractivity contribution in [3.8, 4) is 0 Å². The van der Waals surface area contributed by atoms with E-state index in [9.17, 15) is 19.1 Å². The van der Waals surface area contributed by atoms with E-state index in [1.165, 1.54) is 4.90 Å². The van der Waals surface area contributed by atoms with Crippen LogP contribution in [-0.2, 0) is 14.3 Å². The number of hydrogen-bond acceptors (Lipinski definition) is 5. The number of aliphatic hydroxyl groups is 1. The quantitative estimate of drug-likeness (QED) is 0.315. The third kappa shape index (κ3) is 9.24. The van der Waals surface area contributed by atoms with E-state index >= 15 is 0 Å². The molecule has 0 bridgehead atoms. The molecule has 7 heteroatoms. The van der Waals surface area contributed by atoms with Crippen LogP contribution in [0.1, 0.15) is 66.2 Å². The number of alkyl halides is 1. The molecule has 1 N–H and O–H groups in total. The van der Waals surface area contributed by atoms with Gasteiger partial charge >= 0.3 is 12.1 Å². The van der Waals surface area contributed by atoms with Gasteiger partial charge in [0.2, 0.25) is 0 Å². The standard InChI is InChI=1S/C27H42FNO5/c1-19-8-5-10-21(3)26(34-25(31)16-24(30)14-13-19)22(4)11-6-9-20(2)18-33-27(32)29-15-7-12-23(29)17-28/h5-6,9-11,19-21,23-24,26,30H,7-8,12-18H2,1-4H3/b9-6+,10-5+,22-11+/t19-,20-,21+,23+,24-,26+/m1/s1. The van der Waals surface area contributed by atoms with E-state index < -0.39 is 30.9 Å². The Labute approximate surface area is 203 Å². The molecule has 2 aliphatic heterocycles. The molecule has 6 nitrogen and oxygen atoms in total. The molecule has 6 atom stereocenters. The summed E-state index contributed by atoms with van der Waals surface area (Å²) >= 11 is 0. The van der Waals surface area contributed by atoms with Gasteiger partial charge in [-0.3, -0.25) is 4.79 Å². The van der Waals surface area contributed by atoms with Gasteiger partial charge in [0.1, 0.15) is 12.8 Å². The lowest BCUT2D eigenvalue weighted by Crippen LogP contribution is -2.37. The Balaban J connectivity index is 1.95. The third-order valence-electron chi connectivity index (χ3n) is 6.62. The van der Waals surface area contributed by atoms with E-state index in [0.717, 1.165) is 24.8 Å². The van der Waals surface area contributed by atoms with Gasteiger partial charge in [-0.2, -0.15) is 0 Å². The van der Waals surface area contributed by atoms with Crippen molar-refractivity contribution < 1.29 is 28.6 Å². The summed E-state index contributed by atoms with van der Waals surface area (Å²) in [6.07, 6.45) is 12.3. The number of esters is 1. The number of ether oxygens (including phenoxy) is 2. The maximum atomic E-state index is 13.0. The van der Waals surface area contributed by atoms with Crippen LogP contribution in [0.2, 0.25) is 0 Å². The molecule has 0 unspecified atom stereocenters. The Morgan fingerprint density at radius 1 is 1.35 bits per heavy atom. The zero-order chi connectivity index (χ0) is 25.1. The Bertz CT molecular complexity index is 749. The van der Waals surface area contributed by atoms with Crippen molar-refractivity contribution in [3.05, 3.63) is 36.0 Å². The number of allylic oxidation sites excluding steroid dienone is 3. The number of cyclic esters (lactones) is 1. The molecule has 0 spiro atoms. The highest BCUT2D eigenvalue weighted by molar-refractivity contribution is 5.70. The van der Waals surface area contributed by atoms with Crippen LogP contribution in [0, 0.1) is 17.8 Å². The summed E-state index contributed by atoms with van der Waals surface area (Å²) in [5.74, 6) is 0.0406. The fraction of sp³-hybridized carbons (Fsp3) is 0.704. The summed E-state index contributed by atoms with van der Waals surface area (Å²) in [5, 5.41) is 10.2. The number of halogens is 1. The van der Waals surface area contributed by atoms with E-state index in [1.807, 2.05) is 39.0 Å². The number of carbonyl (C=O) groups excluding carboxylic acids is 2. The summed E-state index contributed by atoms with van der Waals surface area (Å²) in [7, 11) is 0. The molecule has 2 aliphatic rings. The van der Waals surface area contributed by atoms with Crippen LogP contribution in [0.4, 0.5) is 9.18 Å². The van der Waals surface area contributed by atoms with Gasteiger partial charge in [-0.1, -0.05) is 51.2 Å². The smallest absolute Gasteiger partial charge is 0.410 e. The SMILES string of the molecule is C/C(=C\C=C\[C@@H](C)COC(=O)N1CCC[C@H]1CF)[C@H]1OC(=O)C[C@H](O)CC[C@H](C)C/C=C/[C@@H]1C. The molecule has 0 aliphatic carbocycles. The maximum absolute atomic E-state index is 13.0. The minimum Gasteiger partial charge on any atom is -0.457 e. The fourth-order valence-electron chi connectivity index (χ4n) is 4.39. The molecule has 2 heterocycles. The summed E-state index contributed by atoms with van der Waals surface area (Å²) in [5.41, 5.74) is 0.897. The second kappa shape index (κ2) is 14.3. The highest BCUT2D eigenvalue weighted by Crippen LogP contribution is 2.23. The van der Waals surface area contributed by atoms with Gasteiger partial charge in [0.25, 0.3) is 0 Å². The third-order valence-corrected chi connectivity index (χ3v) is 6.62. The van der Waals surface area contributed by atoms with Gasteiger partial charge in [-0.05, 0) is 50.5 Å². The van der Waals surface area contributed by atoms with Crippen LogP contribution in [-0.4, -0.2) is 60.1 Å². The number of amides is 1. The summed E-state index contributed by atoms with van der Waals surface area (Å²) < 4.78 is 24.1. The van der Waals surface area contributed by atoms with Gasteiger partial charge in [0.05, 0.1) is 25.2 Å². The van der Waals surface area contributed by atoms with Crippen LogP contribution in [0.5, 0.6) is 0 Å². The molecule has 0 radical (unpaired) electrons. The number of carbonyl (C=O) groups is 2. The monoisotopic (exact) mass is 479 g/mol. The first-order valence-corrected chi connectivity index (χ1v) is 12.6. The number of hydrogen-bond donors (Lipinski definition) is 1. The second-order valence-electron chi connectivity index (χ2n) is 9.97. The lowest BCUT2D eigenvalue weighted by Gasteiger charge is -2.25. The summed E-state index contributed by atoms with van der Waals surface area (Å²) in [6, 6.07) is -0.363. The van der Waals surface area contributed by atoms with Gasteiger partial charge in [-0.15, -0.1) is 0 Å². The summed E-state index contributed by atoms with van der Waals surface area (Å²) in [6.45, 7) is 8.26. The first kappa shape index (κ1) is 28.1. The molecule has 1 fully saturated rings. The van der Waals surface area contributed by atoms with Crippen molar-refractivity contribution in [1.82, 2.24) is 4.90 Å². The van der Waals surface area contributed by atoms with E-state index in [2.05, 4.69) is 19.1 Å². The number of likely N-dealkylation sites (tertiary alicyclic amines) is 1. The molecule has 0 aromatic rings. The van der Waals surface area contributed by atoms with Crippen molar-refractivity contribution in [2.24, 2.45) is 17.8 Å². The van der Waals surface area contributed by atoms with Gasteiger partial charge in [-0.25, -0.2) is 9.18 Å². The zero-order valence-electron chi connectivity index (χ0n) is 21.1. The van der Waals surface area contributed by atoms with Crippen molar-refractivity contribution in [3.63, 3.8) is 0 Å². The van der Waals surface area contributed by atoms with Crippen molar-refractivity contribution >= 4 is 12.1 Å². The molecule has 0 saturated carbocycles. The number of rotatable bonds is 6. The molecule has 0 aromatic carbocycles. The number of nitrogens with zero attached hydrogens (tertiary/aromatic N) is 1. The maximum Gasteiger partial charge on any atom is 0.410 e. The molecule has 2 rings (SSSR count). The van der Waals surface area contributed by atoms with Crippen LogP contribution in [0.3, 0.4) is 0 Å². The van der Waals surface area contributed by atoms with Crippen molar-refractivity contribution in [1.29, 1.82) is 0 Å². The zero-order valence-corrected chi connectivity index (χ0v) is 21.1. The summed E-state index contributed by atoms with van der Waals surface area (Å²) in [4.78, 5) is 26.1. The lowest BCUT2D eigenvalue weighted by atomic mass is 9.93. The van der Waals surface area contributed by atoms with Crippen LogP contribution in [0.25, 0.3) is 0 Å². The van der Waals surface area contributed by atoms with E-state index in [0.29, 0.717) is 25.3 Å². The molecule has 34 heavy (non-hydrogen) atoms. The van der Waals surface area contributed by atoms with E-state index in [1.54, 1.807) is 0 Å². The molecule has 1 saturated heterocycles. The number of aliphatic hydroxyl groups excluding tert-OH is 1. The van der Waals surface area contributed by atoms with Crippen LogP contribution >= 0.6 is 0 Å². The molecular weight excluding hydrogens is 437 g/mol. The van der Waals surface area contributed by atoms with Gasteiger partial charge < -0.3 is 19.5 Å². The molecular formula is C27H42FNO5. The Morgan fingerprint density at radius 3 is 2.85 bits per heavy atom. The van der Waals surface area contributed by atoms with Gasteiger partial charge in [0.15, 0.2) is 0 Å². The highest BCUT2D eigenvalue weighted by atomic mass is 19.1. The average molecular weight is 480 g/mol. The normalized spacial score (nSPS) is 31.5. The molecule has 0 aromatic heterocycles.